The molecule has 0 fully saturated rings. The van der Waals surface area contributed by atoms with Gasteiger partial charge in [0.05, 0.1) is 0 Å². The molecule has 2 aromatic rings. The van der Waals surface area contributed by atoms with Gasteiger partial charge in [0, 0.05) is 31.3 Å². The molecule has 1 unspecified atom stereocenters. The van der Waals surface area contributed by atoms with E-state index in [0.717, 1.165) is 28.7 Å². The van der Waals surface area contributed by atoms with Crippen molar-refractivity contribution in [2.24, 2.45) is 0 Å². The Labute approximate surface area is 125 Å². The number of aldehydes is 1. The third-order valence-corrected chi connectivity index (χ3v) is 4.25. The monoisotopic (exact) mass is 277 g/mol. The molecule has 1 atom stereocenters. The highest BCUT2D eigenvalue weighted by Crippen LogP contribution is 2.38. The summed E-state index contributed by atoms with van der Waals surface area (Å²) >= 11 is 0. The van der Waals surface area contributed by atoms with E-state index in [-0.39, 0.29) is 5.92 Å². The standard InChI is InChI=1S/C19H19NO/c1-13-18(12-21)17(10-11-19(13)20(2)3)16-9-8-14-6-4-5-7-15(14)16/h4-12,16H,1-3H3. The lowest BCUT2D eigenvalue weighted by Crippen LogP contribution is -2.13. The van der Waals surface area contributed by atoms with Gasteiger partial charge in [-0.2, -0.15) is 0 Å². The number of carbonyl (C=O) groups excluding carboxylic acids is 1. The van der Waals surface area contributed by atoms with E-state index in [0.29, 0.717) is 0 Å². The number of rotatable bonds is 3. The highest BCUT2D eigenvalue weighted by Gasteiger charge is 2.22. The number of nitrogens with zero attached hydrogens (tertiary/aromatic N) is 1. The van der Waals surface area contributed by atoms with Crippen LogP contribution in [-0.2, 0) is 0 Å². The summed E-state index contributed by atoms with van der Waals surface area (Å²) in [7, 11) is 4.00. The van der Waals surface area contributed by atoms with Crippen LogP contribution in [0.1, 0.15) is 38.5 Å². The van der Waals surface area contributed by atoms with Crippen molar-refractivity contribution in [2.45, 2.75) is 12.8 Å². The molecule has 0 spiro atoms. The van der Waals surface area contributed by atoms with Gasteiger partial charge in [-0.3, -0.25) is 4.79 Å². The van der Waals surface area contributed by atoms with E-state index in [1.807, 2.05) is 32.0 Å². The Bertz CT molecular complexity index is 728. The molecule has 3 rings (SSSR count). The number of carbonyl (C=O) groups is 1. The minimum atomic E-state index is 0.177. The van der Waals surface area contributed by atoms with Gasteiger partial charge in [0.1, 0.15) is 0 Å². The molecule has 21 heavy (non-hydrogen) atoms. The molecule has 1 aliphatic rings. The maximum absolute atomic E-state index is 11.6. The third-order valence-electron chi connectivity index (χ3n) is 4.25. The summed E-state index contributed by atoms with van der Waals surface area (Å²) in [6, 6.07) is 12.6. The maximum atomic E-state index is 11.6. The van der Waals surface area contributed by atoms with E-state index >= 15 is 0 Å². The number of hydrogen-bond donors (Lipinski definition) is 0. The van der Waals surface area contributed by atoms with E-state index in [1.165, 1.54) is 11.1 Å². The molecule has 2 aromatic carbocycles. The van der Waals surface area contributed by atoms with Crippen LogP contribution in [0, 0.1) is 6.92 Å². The second-order valence-electron chi connectivity index (χ2n) is 5.69. The van der Waals surface area contributed by atoms with E-state index in [1.54, 1.807) is 0 Å². The lowest BCUT2D eigenvalue weighted by atomic mass is 9.87. The smallest absolute Gasteiger partial charge is 0.150 e. The van der Waals surface area contributed by atoms with E-state index < -0.39 is 0 Å². The molecule has 2 nitrogen and oxygen atoms in total. The molecule has 106 valence electrons. The molecular formula is C19H19NO. The Morgan fingerprint density at radius 1 is 1.05 bits per heavy atom. The van der Waals surface area contributed by atoms with Crippen LogP contribution in [0.5, 0.6) is 0 Å². The van der Waals surface area contributed by atoms with Gasteiger partial charge in [0.2, 0.25) is 0 Å². The van der Waals surface area contributed by atoms with Crippen LogP contribution >= 0.6 is 0 Å². The van der Waals surface area contributed by atoms with Crippen molar-refractivity contribution >= 4 is 18.0 Å². The molecule has 0 saturated heterocycles. The van der Waals surface area contributed by atoms with E-state index in [9.17, 15) is 4.79 Å². The summed E-state index contributed by atoms with van der Waals surface area (Å²) in [6.45, 7) is 2.02. The van der Waals surface area contributed by atoms with Gasteiger partial charge in [-0.05, 0) is 35.2 Å². The van der Waals surface area contributed by atoms with Crippen molar-refractivity contribution in [1.82, 2.24) is 0 Å². The van der Waals surface area contributed by atoms with Crippen molar-refractivity contribution in [3.8, 4) is 0 Å². The number of anilines is 1. The van der Waals surface area contributed by atoms with Crippen LogP contribution in [-0.4, -0.2) is 20.4 Å². The van der Waals surface area contributed by atoms with Gasteiger partial charge >= 0.3 is 0 Å². The van der Waals surface area contributed by atoms with Crippen molar-refractivity contribution in [3.63, 3.8) is 0 Å². The second kappa shape index (κ2) is 5.21. The highest BCUT2D eigenvalue weighted by atomic mass is 16.1. The zero-order valence-corrected chi connectivity index (χ0v) is 12.6. The van der Waals surface area contributed by atoms with Crippen molar-refractivity contribution < 1.29 is 4.79 Å². The van der Waals surface area contributed by atoms with Gasteiger partial charge < -0.3 is 4.90 Å². The number of hydrogen-bond acceptors (Lipinski definition) is 2. The zero-order valence-electron chi connectivity index (χ0n) is 12.6. The van der Waals surface area contributed by atoms with Gasteiger partial charge in [-0.25, -0.2) is 0 Å². The molecule has 0 amide bonds. The largest absolute Gasteiger partial charge is 0.377 e. The Morgan fingerprint density at radius 3 is 2.52 bits per heavy atom. The molecule has 0 aromatic heterocycles. The van der Waals surface area contributed by atoms with Crippen molar-refractivity contribution in [2.75, 3.05) is 19.0 Å². The topological polar surface area (TPSA) is 20.3 Å². The molecule has 0 N–H and O–H groups in total. The number of fused-ring (bicyclic) bond motifs is 1. The average molecular weight is 277 g/mol. The summed E-state index contributed by atoms with van der Waals surface area (Å²) < 4.78 is 0. The van der Waals surface area contributed by atoms with Crippen LogP contribution in [0.15, 0.2) is 42.5 Å². The zero-order chi connectivity index (χ0) is 15.0. The van der Waals surface area contributed by atoms with Crippen LogP contribution < -0.4 is 4.90 Å². The minimum absolute atomic E-state index is 0.177. The fourth-order valence-corrected chi connectivity index (χ4v) is 3.17. The first-order valence-electron chi connectivity index (χ1n) is 7.16. The average Bonchev–Trinajstić information content (AvgIpc) is 2.90. The van der Waals surface area contributed by atoms with Crippen LogP contribution in [0.4, 0.5) is 5.69 Å². The summed E-state index contributed by atoms with van der Waals surface area (Å²) in [4.78, 5) is 13.7. The van der Waals surface area contributed by atoms with Gasteiger partial charge in [-0.1, -0.05) is 42.5 Å². The fraction of sp³-hybridized carbons (Fsp3) is 0.211. The SMILES string of the molecule is Cc1c(N(C)C)ccc(C2C=Cc3ccccc32)c1C=O. The summed E-state index contributed by atoms with van der Waals surface area (Å²) in [6.07, 6.45) is 5.32. The first-order chi connectivity index (χ1) is 10.1. The van der Waals surface area contributed by atoms with Crippen molar-refractivity contribution in [1.29, 1.82) is 0 Å². The first-order valence-corrected chi connectivity index (χ1v) is 7.16. The Hall–Kier alpha value is -2.35. The van der Waals surface area contributed by atoms with Crippen LogP contribution in [0.3, 0.4) is 0 Å². The predicted molar refractivity (Wildman–Crippen MR) is 88.2 cm³/mol. The van der Waals surface area contributed by atoms with Crippen LogP contribution in [0.25, 0.3) is 6.08 Å². The summed E-state index contributed by atoms with van der Waals surface area (Å²) in [5, 5.41) is 0. The summed E-state index contributed by atoms with van der Waals surface area (Å²) in [5.41, 5.74) is 6.56. The lowest BCUT2D eigenvalue weighted by Gasteiger charge is -2.21. The molecule has 0 saturated carbocycles. The second-order valence-corrected chi connectivity index (χ2v) is 5.69. The van der Waals surface area contributed by atoms with Gasteiger partial charge in [0.15, 0.2) is 6.29 Å². The fourth-order valence-electron chi connectivity index (χ4n) is 3.17. The Morgan fingerprint density at radius 2 is 1.81 bits per heavy atom. The summed E-state index contributed by atoms with van der Waals surface area (Å²) in [5.74, 6) is 0.177. The van der Waals surface area contributed by atoms with E-state index in [2.05, 4.69) is 42.5 Å². The molecule has 0 aliphatic heterocycles. The molecule has 0 heterocycles. The normalized spacial score (nSPS) is 15.9. The molecule has 1 aliphatic carbocycles. The first kappa shape index (κ1) is 13.6. The predicted octanol–water partition coefficient (Wildman–Crippen LogP) is 4.03. The Balaban J connectivity index is 2.15. The molecule has 0 bridgehead atoms. The molecule has 2 heteroatoms. The minimum Gasteiger partial charge on any atom is -0.377 e. The lowest BCUT2D eigenvalue weighted by molar-refractivity contribution is 0.112. The van der Waals surface area contributed by atoms with E-state index in [4.69, 9.17) is 0 Å². The van der Waals surface area contributed by atoms with Gasteiger partial charge in [-0.15, -0.1) is 0 Å². The highest BCUT2D eigenvalue weighted by molar-refractivity contribution is 5.85. The Kier molecular flexibility index (Phi) is 3.38. The quantitative estimate of drug-likeness (QED) is 0.789. The third kappa shape index (κ3) is 2.17. The van der Waals surface area contributed by atoms with Gasteiger partial charge in [0.25, 0.3) is 0 Å². The molecular weight excluding hydrogens is 258 g/mol. The number of allylic oxidation sites excluding steroid dienone is 1. The van der Waals surface area contributed by atoms with Crippen molar-refractivity contribution in [3.05, 3.63) is 70.3 Å². The number of benzene rings is 2. The van der Waals surface area contributed by atoms with Crippen LogP contribution in [0.2, 0.25) is 0 Å². The molecule has 0 radical (unpaired) electrons. The maximum Gasteiger partial charge on any atom is 0.150 e.